The maximum atomic E-state index is 12.9. The molecule has 14 heavy (non-hydrogen) atoms. The summed E-state index contributed by atoms with van der Waals surface area (Å²) in [5, 5.41) is 0. The topological polar surface area (TPSA) is 0 Å². The van der Waals surface area contributed by atoms with Crippen molar-refractivity contribution in [3.05, 3.63) is 0 Å². The van der Waals surface area contributed by atoms with Gasteiger partial charge in [0.05, 0.1) is 5.41 Å². The Morgan fingerprint density at radius 1 is 1.07 bits per heavy atom. The summed E-state index contributed by atoms with van der Waals surface area (Å²) in [5.41, 5.74) is -1.47. The molecule has 86 valence electrons. The van der Waals surface area contributed by atoms with Gasteiger partial charge in [0.15, 0.2) is 0 Å². The van der Waals surface area contributed by atoms with Crippen molar-refractivity contribution in [3.8, 4) is 0 Å². The van der Waals surface area contributed by atoms with E-state index in [1.54, 1.807) is 20.8 Å². The van der Waals surface area contributed by atoms with Crippen molar-refractivity contribution >= 4 is 0 Å². The second-order valence-corrected chi connectivity index (χ2v) is 4.27. The van der Waals surface area contributed by atoms with E-state index in [0.717, 1.165) is 6.42 Å². The molecule has 0 N–H and O–H groups in total. The van der Waals surface area contributed by atoms with Gasteiger partial charge in [-0.3, -0.25) is 0 Å². The lowest BCUT2D eigenvalue weighted by Gasteiger charge is -2.38. The van der Waals surface area contributed by atoms with Gasteiger partial charge in [-0.1, -0.05) is 40.5 Å². The molecule has 0 aromatic rings. The molecule has 0 saturated carbocycles. The lowest BCUT2D eigenvalue weighted by atomic mass is 9.71. The van der Waals surface area contributed by atoms with Gasteiger partial charge in [0.1, 0.15) is 0 Å². The van der Waals surface area contributed by atoms with Gasteiger partial charge in [0.25, 0.3) is 0 Å². The molecule has 0 rings (SSSR count). The minimum Gasteiger partial charge on any atom is -0.170 e. The first-order chi connectivity index (χ1) is 6.31. The monoisotopic (exact) mass is 210 g/mol. The third-order valence-electron chi connectivity index (χ3n) is 3.28. The van der Waals surface area contributed by atoms with Gasteiger partial charge in [0.2, 0.25) is 0 Å². The standard InChI is InChI=1S/C11H21F3/c1-5-7-8-10(6-2,9(3)4)11(12,13)14/h9H,5-8H2,1-4H3. The molecule has 0 spiro atoms. The van der Waals surface area contributed by atoms with Crippen LogP contribution in [0.15, 0.2) is 0 Å². The van der Waals surface area contributed by atoms with Crippen LogP contribution in [-0.4, -0.2) is 6.18 Å². The van der Waals surface area contributed by atoms with Crippen LogP contribution in [0.4, 0.5) is 13.2 Å². The Balaban J connectivity index is 4.80. The van der Waals surface area contributed by atoms with Crippen LogP contribution in [0.2, 0.25) is 0 Å². The molecule has 0 fully saturated rings. The summed E-state index contributed by atoms with van der Waals surface area (Å²) >= 11 is 0. The summed E-state index contributed by atoms with van der Waals surface area (Å²) < 4.78 is 38.8. The number of halogens is 3. The average molecular weight is 210 g/mol. The first-order valence-electron chi connectivity index (χ1n) is 5.38. The Bertz CT molecular complexity index is 160. The predicted molar refractivity (Wildman–Crippen MR) is 53.1 cm³/mol. The predicted octanol–water partition coefficient (Wildman–Crippen LogP) is 4.79. The first-order valence-corrected chi connectivity index (χ1v) is 5.38. The van der Waals surface area contributed by atoms with Gasteiger partial charge in [-0.05, 0) is 18.8 Å². The highest BCUT2D eigenvalue weighted by Crippen LogP contribution is 2.50. The Morgan fingerprint density at radius 3 is 1.79 bits per heavy atom. The smallest absolute Gasteiger partial charge is 0.170 e. The van der Waals surface area contributed by atoms with Gasteiger partial charge in [0, 0.05) is 0 Å². The number of hydrogen-bond donors (Lipinski definition) is 0. The van der Waals surface area contributed by atoms with E-state index < -0.39 is 11.6 Å². The van der Waals surface area contributed by atoms with Crippen LogP contribution in [0.3, 0.4) is 0 Å². The zero-order valence-electron chi connectivity index (χ0n) is 9.54. The van der Waals surface area contributed by atoms with Crippen LogP contribution in [0.25, 0.3) is 0 Å². The van der Waals surface area contributed by atoms with Gasteiger partial charge >= 0.3 is 6.18 Å². The number of hydrogen-bond acceptors (Lipinski definition) is 0. The van der Waals surface area contributed by atoms with Crippen molar-refractivity contribution < 1.29 is 13.2 Å². The third kappa shape index (κ3) is 2.64. The van der Waals surface area contributed by atoms with Crippen LogP contribution in [0.5, 0.6) is 0 Å². The molecular formula is C11H21F3. The van der Waals surface area contributed by atoms with Crippen molar-refractivity contribution in [1.29, 1.82) is 0 Å². The lowest BCUT2D eigenvalue weighted by molar-refractivity contribution is -0.244. The molecule has 0 saturated heterocycles. The van der Waals surface area contributed by atoms with Crippen LogP contribution in [-0.2, 0) is 0 Å². The fourth-order valence-electron chi connectivity index (χ4n) is 2.04. The molecule has 0 heterocycles. The summed E-state index contributed by atoms with van der Waals surface area (Å²) in [5.74, 6) is -0.334. The van der Waals surface area contributed by atoms with E-state index in [1.165, 1.54) is 0 Å². The minimum absolute atomic E-state index is 0.189. The van der Waals surface area contributed by atoms with Crippen molar-refractivity contribution in [2.24, 2.45) is 11.3 Å². The second kappa shape index (κ2) is 5.04. The average Bonchev–Trinajstić information content (AvgIpc) is 2.03. The van der Waals surface area contributed by atoms with E-state index in [4.69, 9.17) is 0 Å². The molecule has 1 atom stereocenters. The lowest BCUT2D eigenvalue weighted by Crippen LogP contribution is -2.42. The van der Waals surface area contributed by atoms with Crippen molar-refractivity contribution in [2.75, 3.05) is 0 Å². The quantitative estimate of drug-likeness (QED) is 0.612. The molecule has 0 aliphatic carbocycles. The van der Waals surface area contributed by atoms with E-state index in [9.17, 15) is 13.2 Å². The molecule has 0 radical (unpaired) electrons. The fourth-order valence-corrected chi connectivity index (χ4v) is 2.04. The number of unbranched alkanes of at least 4 members (excludes halogenated alkanes) is 1. The van der Waals surface area contributed by atoms with Crippen LogP contribution < -0.4 is 0 Å². The molecular weight excluding hydrogens is 189 g/mol. The Morgan fingerprint density at radius 2 is 1.57 bits per heavy atom. The van der Waals surface area contributed by atoms with Gasteiger partial charge in [-0.25, -0.2) is 0 Å². The molecule has 0 aliphatic heterocycles. The van der Waals surface area contributed by atoms with Gasteiger partial charge in [-0.15, -0.1) is 0 Å². The largest absolute Gasteiger partial charge is 0.394 e. The zero-order chi connectivity index (χ0) is 11.4. The highest BCUT2D eigenvalue weighted by molar-refractivity contribution is 4.88. The summed E-state index contributed by atoms with van der Waals surface area (Å²) in [6.45, 7) is 6.92. The van der Waals surface area contributed by atoms with E-state index in [2.05, 4.69) is 0 Å². The van der Waals surface area contributed by atoms with E-state index in [1.807, 2.05) is 6.92 Å². The molecule has 0 amide bonds. The number of alkyl halides is 3. The minimum atomic E-state index is -4.06. The molecule has 0 aliphatic rings. The van der Waals surface area contributed by atoms with Crippen LogP contribution in [0.1, 0.15) is 53.4 Å². The summed E-state index contributed by atoms with van der Waals surface area (Å²) in [7, 11) is 0. The molecule has 0 nitrogen and oxygen atoms in total. The van der Waals surface area contributed by atoms with Crippen LogP contribution in [0, 0.1) is 11.3 Å². The molecule has 0 aromatic heterocycles. The third-order valence-corrected chi connectivity index (χ3v) is 3.28. The van der Waals surface area contributed by atoms with E-state index in [-0.39, 0.29) is 18.8 Å². The summed E-state index contributed by atoms with van der Waals surface area (Å²) in [6.07, 6.45) is -2.13. The molecule has 1 unspecified atom stereocenters. The second-order valence-electron chi connectivity index (χ2n) is 4.27. The van der Waals surface area contributed by atoms with Gasteiger partial charge < -0.3 is 0 Å². The molecule has 3 heteroatoms. The van der Waals surface area contributed by atoms with Crippen LogP contribution >= 0.6 is 0 Å². The number of rotatable bonds is 5. The van der Waals surface area contributed by atoms with Gasteiger partial charge in [-0.2, -0.15) is 13.2 Å². The summed E-state index contributed by atoms with van der Waals surface area (Å²) in [4.78, 5) is 0. The summed E-state index contributed by atoms with van der Waals surface area (Å²) in [6, 6.07) is 0. The maximum absolute atomic E-state index is 12.9. The Hall–Kier alpha value is -0.210. The fraction of sp³-hybridized carbons (Fsp3) is 1.00. The van der Waals surface area contributed by atoms with Crippen molar-refractivity contribution in [2.45, 2.75) is 59.6 Å². The van der Waals surface area contributed by atoms with Crippen molar-refractivity contribution in [3.63, 3.8) is 0 Å². The molecule has 0 bridgehead atoms. The Labute approximate surface area is 84.9 Å². The highest BCUT2D eigenvalue weighted by Gasteiger charge is 2.54. The normalized spacial score (nSPS) is 17.1. The molecule has 0 aromatic carbocycles. The van der Waals surface area contributed by atoms with E-state index >= 15 is 0 Å². The maximum Gasteiger partial charge on any atom is 0.394 e. The zero-order valence-corrected chi connectivity index (χ0v) is 9.54. The first kappa shape index (κ1) is 13.8. The van der Waals surface area contributed by atoms with E-state index in [0.29, 0.717) is 6.42 Å². The van der Waals surface area contributed by atoms with Crippen molar-refractivity contribution in [1.82, 2.24) is 0 Å². The Kier molecular flexibility index (Phi) is 4.96. The highest BCUT2D eigenvalue weighted by atomic mass is 19.4. The SMILES string of the molecule is CCCCC(CC)(C(C)C)C(F)(F)F.